The molecule has 1 aromatic carbocycles. The number of aliphatic hydroxyl groups is 1. The normalized spacial score (nSPS) is 12.2. The lowest BCUT2D eigenvalue weighted by Gasteiger charge is -2.13. The Labute approximate surface area is 98.4 Å². The molecular weight excluding hydrogens is 232 g/mol. The fourth-order valence-electron chi connectivity index (χ4n) is 1.46. The summed E-state index contributed by atoms with van der Waals surface area (Å²) in [6.07, 6.45) is 0.140. The molecule has 0 radical (unpaired) electrons. The highest BCUT2D eigenvalue weighted by Crippen LogP contribution is 2.30. The second-order valence-corrected chi connectivity index (χ2v) is 3.70. The molecule has 1 aromatic rings. The Morgan fingerprint density at radius 1 is 1.56 bits per heavy atom. The van der Waals surface area contributed by atoms with Gasteiger partial charge in [-0.15, -0.1) is 0 Å². The molecule has 0 spiro atoms. The van der Waals surface area contributed by atoms with Crippen LogP contribution in [0.3, 0.4) is 0 Å². The zero-order valence-electron chi connectivity index (χ0n) is 8.81. The Balaban J connectivity index is 3.05. The molecule has 0 aromatic heterocycles. The lowest BCUT2D eigenvalue weighted by molar-refractivity contribution is -0.139. The molecule has 0 aliphatic heterocycles. The minimum atomic E-state index is -0.999. The number of halogens is 1. The number of hydrogen-bond donors (Lipinski definition) is 2. The maximum absolute atomic E-state index is 11.0. The molecule has 16 heavy (non-hydrogen) atoms. The van der Waals surface area contributed by atoms with Crippen LogP contribution in [0.25, 0.3) is 0 Å². The highest BCUT2D eigenvalue weighted by Gasteiger charge is 2.21. The van der Waals surface area contributed by atoms with Gasteiger partial charge < -0.3 is 14.9 Å². The third-order valence-corrected chi connectivity index (χ3v) is 2.63. The summed E-state index contributed by atoms with van der Waals surface area (Å²) < 4.78 is 4.97. The van der Waals surface area contributed by atoms with Crippen molar-refractivity contribution in [2.24, 2.45) is 0 Å². The third-order valence-electron chi connectivity index (χ3n) is 2.30. The zero-order chi connectivity index (χ0) is 12.1. The second-order valence-electron chi connectivity index (χ2n) is 3.29. The van der Waals surface area contributed by atoms with E-state index in [2.05, 4.69) is 0 Å². The van der Waals surface area contributed by atoms with Gasteiger partial charge in [-0.25, -0.2) is 0 Å². The van der Waals surface area contributed by atoms with Crippen molar-refractivity contribution in [1.29, 1.82) is 0 Å². The average Bonchev–Trinajstić information content (AvgIpc) is 2.26. The first kappa shape index (κ1) is 12.8. The van der Waals surface area contributed by atoms with E-state index in [0.29, 0.717) is 16.3 Å². The van der Waals surface area contributed by atoms with Crippen molar-refractivity contribution in [2.75, 3.05) is 13.7 Å². The van der Waals surface area contributed by atoms with Gasteiger partial charge in [0.2, 0.25) is 0 Å². The zero-order valence-corrected chi connectivity index (χ0v) is 9.57. The molecule has 2 N–H and O–H groups in total. The summed E-state index contributed by atoms with van der Waals surface area (Å²) >= 11 is 5.96. The van der Waals surface area contributed by atoms with Crippen LogP contribution < -0.4 is 4.74 Å². The Bertz CT molecular complexity index is 378. The van der Waals surface area contributed by atoms with Crippen molar-refractivity contribution >= 4 is 17.6 Å². The van der Waals surface area contributed by atoms with Gasteiger partial charge in [0, 0.05) is 11.6 Å². The van der Waals surface area contributed by atoms with Gasteiger partial charge in [-0.1, -0.05) is 17.7 Å². The SMILES string of the molecule is COc1ccc(C(CCO)C(=O)O)c(Cl)c1. The summed E-state index contributed by atoms with van der Waals surface area (Å²) in [5, 5.41) is 18.1. The van der Waals surface area contributed by atoms with Crippen LogP contribution in [-0.2, 0) is 4.79 Å². The standard InChI is InChI=1S/C11H13ClO4/c1-16-7-2-3-8(10(12)6-7)9(4-5-13)11(14)15/h2-3,6,9,13H,4-5H2,1H3,(H,14,15). The number of carboxylic acid groups (broad SMARTS) is 1. The second kappa shape index (κ2) is 5.72. The Morgan fingerprint density at radius 3 is 2.69 bits per heavy atom. The smallest absolute Gasteiger partial charge is 0.311 e. The summed E-state index contributed by atoms with van der Waals surface area (Å²) in [5.41, 5.74) is 0.490. The molecule has 0 heterocycles. The summed E-state index contributed by atoms with van der Waals surface area (Å²) in [6, 6.07) is 4.81. The van der Waals surface area contributed by atoms with E-state index in [1.807, 2.05) is 0 Å². The average molecular weight is 245 g/mol. The van der Waals surface area contributed by atoms with Gasteiger partial charge in [-0.3, -0.25) is 4.79 Å². The molecule has 0 aliphatic rings. The Morgan fingerprint density at radius 2 is 2.25 bits per heavy atom. The number of aliphatic carboxylic acids is 1. The van der Waals surface area contributed by atoms with Crippen LogP contribution in [0.1, 0.15) is 17.9 Å². The summed E-state index contributed by atoms with van der Waals surface area (Å²) in [6.45, 7) is -0.195. The molecule has 1 unspecified atom stereocenters. The predicted molar refractivity (Wildman–Crippen MR) is 60.1 cm³/mol. The van der Waals surface area contributed by atoms with E-state index in [9.17, 15) is 4.79 Å². The predicted octanol–water partition coefficient (Wildman–Crippen LogP) is 1.90. The molecule has 0 aliphatic carbocycles. The summed E-state index contributed by atoms with van der Waals surface area (Å²) in [7, 11) is 1.51. The summed E-state index contributed by atoms with van der Waals surface area (Å²) in [5.74, 6) is -1.22. The number of methoxy groups -OCH3 is 1. The van der Waals surface area contributed by atoms with Gasteiger partial charge in [0.05, 0.1) is 13.0 Å². The van der Waals surface area contributed by atoms with Crippen LogP contribution in [0.4, 0.5) is 0 Å². The van der Waals surface area contributed by atoms with E-state index in [0.717, 1.165) is 0 Å². The fourth-order valence-corrected chi connectivity index (χ4v) is 1.76. The van der Waals surface area contributed by atoms with E-state index in [1.165, 1.54) is 7.11 Å². The van der Waals surface area contributed by atoms with Crippen LogP contribution in [0, 0.1) is 0 Å². The maximum Gasteiger partial charge on any atom is 0.311 e. The molecule has 0 amide bonds. The van der Waals surface area contributed by atoms with Gasteiger partial charge in [0.1, 0.15) is 5.75 Å². The van der Waals surface area contributed by atoms with Crippen LogP contribution in [-0.4, -0.2) is 29.9 Å². The first-order valence-electron chi connectivity index (χ1n) is 4.77. The number of benzene rings is 1. The van der Waals surface area contributed by atoms with Gasteiger partial charge in [0.25, 0.3) is 0 Å². The number of rotatable bonds is 5. The van der Waals surface area contributed by atoms with E-state index in [-0.39, 0.29) is 13.0 Å². The monoisotopic (exact) mass is 244 g/mol. The number of ether oxygens (including phenoxy) is 1. The van der Waals surface area contributed by atoms with E-state index in [4.69, 9.17) is 26.6 Å². The van der Waals surface area contributed by atoms with Crippen molar-refractivity contribution in [3.05, 3.63) is 28.8 Å². The van der Waals surface area contributed by atoms with Crippen LogP contribution >= 0.6 is 11.6 Å². The number of hydrogen-bond acceptors (Lipinski definition) is 3. The van der Waals surface area contributed by atoms with Gasteiger partial charge in [0.15, 0.2) is 0 Å². The number of aliphatic hydroxyl groups excluding tert-OH is 1. The summed E-state index contributed by atoms with van der Waals surface area (Å²) in [4.78, 5) is 11.0. The van der Waals surface area contributed by atoms with Crippen molar-refractivity contribution in [1.82, 2.24) is 0 Å². The molecule has 0 bridgehead atoms. The topological polar surface area (TPSA) is 66.8 Å². The van der Waals surface area contributed by atoms with Gasteiger partial charge in [-0.2, -0.15) is 0 Å². The maximum atomic E-state index is 11.0. The fraction of sp³-hybridized carbons (Fsp3) is 0.364. The minimum Gasteiger partial charge on any atom is -0.497 e. The molecule has 0 saturated carbocycles. The largest absolute Gasteiger partial charge is 0.497 e. The van der Waals surface area contributed by atoms with Crippen molar-refractivity contribution in [3.63, 3.8) is 0 Å². The van der Waals surface area contributed by atoms with Gasteiger partial charge >= 0.3 is 5.97 Å². The molecule has 4 nitrogen and oxygen atoms in total. The molecule has 0 fully saturated rings. The van der Waals surface area contributed by atoms with Crippen LogP contribution in [0.15, 0.2) is 18.2 Å². The van der Waals surface area contributed by atoms with E-state index < -0.39 is 11.9 Å². The quantitative estimate of drug-likeness (QED) is 0.830. The first-order chi connectivity index (χ1) is 7.60. The van der Waals surface area contributed by atoms with Crippen molar-refractivity contribution in [3.8, 4) is 5.75 Å². The van der Waals surface area contributed by atoms with E-state index in [1.54, 1.807) is 18.2 Å². The lowest BCUT2D eigenvalue weighted by atomic mass is 9.96. The Kier molecular flexibility index (Phi) is 4.58. The number of carbonyl (C=O) groups is 1. The third kappa shape index (κ3) is 2.87. The molecule has 1 atom stereocenters. The number of carboxylic acids is 1. The van der Waals surface area contributed by atoms with Crippen molar-refractivity contribution in [2.45, 2.75) is 12.3 Å². The minimum absolute atomic E-state index is 0.140. The molecule has 0 saturated heterocycles. The lowest BCUT2D eigenvalue weighted by Crippen LogP contribution is -2.13. The highest BCUT2D eigenvalue weighted by atomic mass is 35.5. The molecular formula is C11H13ClO4. The highest BCUT2D eigenvalue weighted by molar-refractivity contribution is 6.31. The van der Waals surface area contributed by atoms with Crippen LogP contribution in [0.5, 0.6) is 5.75 Å². The first-order valence-corrected chi connectivity index (χ1v) is 5.15. The molecule has 1 rings (SSSR count). The van der Waals surface area contributed by atoms with Crippen molar-refractivity contribution < 1.29 is 19.7 Å². The molecule has 88 valence electrons. The Hall–Kier alpha value is -1.26. The van der Waals surface area contributed by atoms with Gasteiger partial charge in [-0.05, 0) is 24.1 Å². The van der Waals surface area contributed by atoms with Crippen LogP contribution in [0.2, 0.25) is 5.02 Å². The molecule has 5 heteroatoms. The van der Waals surface area contributed by atoms with E-state index >= 15 is 0 Å².